The zero-order valence-electron chi connectivity index (χ0n) is 7.88. The van der Waals surface area contributed by atoms with Gasteiger partial charge >= 0.3 is 0 Å². The third kappa shape index (κ3) is 2.18. The van der Waals surface area contributed by atoms with Gasteiger partial charge in [0.1, 0.15) is 0 Å². The van der Waals surface area contributed by atoms with Crippen molar-refractivity contribution in [1.82, 2.24) is 15.5 Å². The lowest BCUT2D eigenvalue weighted by Gasteiger charge is -2.09. The molecule has 3 nitrogen and oxygen atoms in total. The lowest BCUT2D eigenvalue weighted by atomic mass is 10.2. The van der Waals surface area contributed by atoms with Gasteiger partial charge in [0.2, 0.25) is 0 Å². The first-order valence-electron chi connectivity index (χ1n) is 4.74. The van der Waals surface area contributed by atoms with Crippen LogP contribution >= 0.6 is 0 Å². The molecule has 1 aliphatic carbocycles. The van der Waals surface area contributed by atoms with Crippen molar-refractivity contribution in [3.8, 4) is 0 Å². The number of H-pyrrole nitrogens is 1. The van der Waals surface area contributed by atoms with Crippen LogP contribution < -0.4 is 5.32 Å². The fraction of sp³-hybridized carbons (Fsp3) is 0.500. The van der Waals surface area contributed by atoms with E-state index in [1.54, 1.807) is 0 Å². The molecule has 0 aromatic carbocycles. The van der Waals surface area contributed by atoms with E-state index in [1.165, 1.54) is 0 Å². The van der Waals surface area contributed by atoms with Gasteiger partial charge in [-0.1, -0.05) is 12.2 Å². The van der Waals surface area contributed by atoms with Gasteiger partial charge in [0, 0.05) is 18.3 Å². The van der Waals surface area contributed by atoms with Gasteiger partial charge in [0.15, 0.2) is 0 Å². The maximum absolute atomic E-state index is 4.17. The Balaban J connectivity index is 1.79. The smallest absolute Gasteiger partial charge is 0.0762 e. The highest BCUT2D eigenvalue weighted by Crippen LogP contribution is 2.09. The van der Waals surface area contributed by atoms with Crippen LogP contribution in [0.5, 0.6) is 0 Å². The maximum atomic E-state index is 4.17. The largest absolute Gasteiger partial charge is 0.308 e. The molecule has 0 aliphatic heterocycles. The van der Waals surface area contributed by atoms with Crippen molar-refractivity contribution in [2.24, 2.45) is 0 Å². The third-order valence-corrected chi connectivity index (χ3v) is 2.34. The van der Waals surface area contributed by atoms with Crippen LogP contribution in [0.2, 0.25) is 0 Å². The number of aromatic nitrogens is 2. The van der Waals surface area contributed by atoms with E-state index in [4.69, 9.17) is 0 Å². The number of nitrogens with one attached hydrogen (secondary N) is 2. The minimum absolute atomic E-state index is 0.622. The van der Waals surface area contributed by atoms with Crippen LogP contribution in [-0.4, -0.2) is 16.2 Å². The zero-order valence-corrected chi connectivity index (χ0v) is 7.88. The van der Waals surface area contributed by atoms with Gasteiger partial charge < -0.3 is 5.32 Å². The quantitative estimate of drug-likeness (QED) is 0.687. The molecular formula is C10H15N3. The van der Waals surface area contributed by atoms with Gasteiger partial charge in [0.05, 0.1) is 5.69 Å². The Morgan fingerprint density at radius 2 is 2.31 bits per heavy atom. The maximum Gasteiger partial charge on any atom is 0.0762 e. The summed E-state index contributed by atoms with van der Waals surface area (Å²) in [6.07, 6.45) is 6.77. The van der Waals surface area contributed by atoms with Crippen LogP contribution in [-0.2, 0) is 6.54 Å². The monoisotopic (exact) mass is 177 g/mol. The van der Waals surface area contributed by atoms with E-state index >= 15 is 0 Å². The van der Waals surface area contributed by atoms with E-state index in [0.29, 0.717) is 6.04 Å². The first-order valence-corrected chi connectivity index (χ1v) is 4.74. The van der Waals surface area contributed by atoms with Crippen LogP contribution in [0, 0.1) is 6.92 Å². The second kappa shape index (κ2) is 3.75. The topological polar surface area (TPSA) is 40.7 Å². The Morgan fingerprint density at radius 3 is 2.92 bits per heavy atom. The molecule has 0 spiro atoms. The summed E-state index contributed by atoms with van der Waals surface area (Å²) in [6.45, 7) is 2.89. The van der Waals surface area contributed by atoms with Crippen molar-refractivity contribution in [2.75, 3.05) is 0 Å². The Hall–Kier alpha value is -1.09. The molecule has 0 fully saturated rings. The summed E-state index contributed by atoms with van der Waals surface area (Å²) in [5, 5.41) is 10.6. The summed E-state index contributed by atoms with van der Waals surface area (Å²) in [7, 11) is 0. The van der Waals surface area contributed by atoms with Gasteiger partial charge in [-0.15, -0.1) is 0 Å². The standard InChI is InChI=1S/C10H15N3/c1-8-6-10(13-12-8)7-11-9-4-2-3-5-9/h2-3,6,9,11H,4-5,7H2,1H3,(H,12,13). The van der Waals surface area contributed by atoms with Gasteiger partial charge in [0.25, 0.3) is 0 Å². The van der Waals surface area contributed by atoms with Crippen LogP contribution in [0.15, 0.2) is 18.2 Å². The highest BCUT2D eigenvalue weighted by molar-refractivity contribution is 5.07. The second-order valence-electron chi connectivity index (χ2n) is 3.56. The van der Waals surface area contributed by atoms with Crippen LogP contribution in [0.4, 0.5) is 0 Å². The lowest BCUT2D eigenvalue weighted by Crippen LogP contribution is -2.25. The lowest BCUT2D eigenvalue weighted by molar-refractivity contribution is 0.532. The summed E-state index contributed by atoms with van der Waals surface area (Å²) in [5.74, 6) is 0. The summed E-state index contributed by atoms with van der Waals surface area (Å²) >= 11 is 0. The van der Waals surface area contributed by atoms with Crippen LogP contribution in [0.3, 0.4) is 0 Å². The number of hydrogen-bond acceptors (Lipinski definition) is 2. The summed E-state index contributed by atoms with van der Waals surface area (Å²) in [5.41, 5.74) is 2.23. The molecule has 1 heterocycles. The first kappa shape index (κ1) is 8.51. The normalized spacial score (nSPS) is 17.0. The fourth-order valence-corrected chi connectivity index (χ4v) is 1.60. The van der Waals surface area contributed by atoms with E-state index in [0.717, 1.165) is 30.8 Å². The van der Waals surface area contributed by atoms with Gasteiger partial charge in [-0.2, -0.15) is 5.10 Å². The molecule has 0 unspecified atom stereocenters. The van der Waals surface area contributed by atoms with E-state index < -0.39 is 0 Å². The highest BCUT2D eigenvalue weighted by Gasteiger charge is 2.09. The fourth-order valence-electron chi connectivity index (χ4n) is 1.60. The molecule has 1 aliphatic rings. The van der Waals surface area contributed by atoms with Crippen molar-refractivity contribution in [3.05, 3.63) is 29.6 Å². The van der Waals surface area contributed by atoms with E-state index in [9.17, 15) is 0 Å². The predicted octanol–water partition coefficient (Wildman–Crippen LogP) is 1.53. The van der Waals surface area contributed by atoms with Crippen LogP contribution in [0.1, 0.15) is 24.2 Å². The molecule has 1 aromatic heterocycles. The van der Waals surface area contributed by atoms with Crippen molar-refractivity contribution in [1.29, 1.82) is 0 Å². The summed E-state index contributed by atoms with van der Waals surface area (Å²) in [4.78, 5) is 0. The third-order valence-electron chi connectivity index (χ3n) is 2.34. The second-order valence-corrected chi connectivity index (χ2v) is 3.56. The average Bonchev–Trinajstić information content (AvgIpc) is 2.71. The van der Waals surface area contributed by atoms with Crippen molar-refractivity contribution < 1.29 is 0 Å². The van der Waals surface area contributed by atoms with Gasteiger partial charge in [-0.05, 0) is 25.8 Å². The first-order chi connectivity index (χ1) is 6.34. The molecule has 2 N–H and O–H groups in total. The summed E-state index contributed by atoms with van der Waals surface area (Å²) < 4.78 is 0. The van der Waals surface area contributed by atoms with E-state index in [-0.39, 0.29) is 0 Å². The van der Waals surface area contributed by atoms with Crippen LogP contribution in [0.25, 0.3) is 0 Å². The SMILES string of the molecule is Cc1cc(CNC2CC=CC2)n[nH]1. The van der Waals surface area contributed by atoms with Crippen molar-refractivity contribution in [2.45, 2.75) is 32.4 Å². The molecule has 1 aromatic rings. The zero-order chi connectivity index (χ0) is 9.10. The van der Waals surface area contributed by atoms with Gasteiger partial charge in [-0.3, -0.25) is 5.10 Å². The molecule has 0 saturated carbocycles. The molecule has 0 amide bonds. The van der Waals surface area contributed by atoms with E-state index in [2.05, 4.69) is 33.7 Å². The molecule has 0 bridgehead atoms. The number of aromatic amines is 1. The van der Waals surface area contributed by atoms with Crippen molar-refractivity contribution in [3.63, 3.8) is 0 Å². The van der Waals surface area contributed by atoms with Crippen molar-refractivity contribution >= 4 is 0 Å². The molecule has 0 saturated heterocycles. The van der Waals surface area contributed by atoms with Gasteiger partial charge in [-0.25, -0.2) is 0 Å². The Labute approximate surface area is 78.2 Å². The number of nitrogens with zero attached hydrogens (tertiary/aromatic N) is 1. The molecule has 0 radical (unpaired) electrons. The molecule has 70 valence electrons. The number of aryl methyl sites for hydroxylation is 1. The predicted molar refractivity (Wildman–Crippen MR) is 52.3 cm³/mol. The summed E-state index contributed by atoms with van der Waals surface area (Å²) in [6, 6.07) is 2.70. The Bertz CT molecular complexity index is 293. The minimum Gasteiger partial charge on any atom is -0.308 e. The minimum atomic E-state index is 0.622. The molecule has 13 heavy (non-hydrogen) atoms. The molecule has 3 heteroatoms. The Morgan fingerprint density at radius 1 is 1.54 bits per heavy atom. The molecular weight excluding hydrogens is 162 g/mol. The highest BCUT2D eigenvalue weighted by atomic mass is 15.1. The van der Waals surface area contributed by atoms with E-state index in [1.807, 2.05) is 6.92 Å². The number of rotatable bonds is 3. The Kier molecular flexibility index (Phi) is 2.45. The average molecular weight is 177 g/mol. The molecule has 0 atom stereocenters. The molecule has 2 rings (SSSR count). The number of hydrogen-bond donors (Lipinski definition) is 2.